The second-order valence-corrected chi connectivity index (χ2v) is 5.97. The van der Waals surface area contributed by atoms with Crippen LogP contribution in [0, 0.1) is 11.8 Å². The third-order valence-corrected chi connectivity index (χ3v) is 4.30. The molecular weight excluding hydrogens is 267 g/mol. The van der Waals surface area contributed by atoms with E-state index in [1.165, 1.54) is 12.8 Å². The maximum absolute atomic E-state index is 12.6. The molecule has 0 heterocycles. The molecule has 0 aliphatic heterocycles. The molecule has 0 radical (unpaired) electrons. The van der Waals surface area contributed by atoms with Crippen LogP contribution in [0.1, 0.15) is 44.9 Å². The highest BCUT2D eigenvalue weighted by atomic mass is 19.4. The molecule has 0 amide bonds. The van der Waals surface area contributed by atoms with Crippen LogP contribution in [-0.4, -0.2) is 31.8 Å². The van der Waals surface area contributed by atoms with Crippen molar-refractivity contribution in [3.8, 4) is 0 Å². The van der Waals surface area contributed by atoms with Gasteiger partial charge >= 0.3 is 6.18 Å². The van der Waals surface area contributed by atoms with Crippen molar-refractivity contribution in [2.75, 3.05) is 13.6 Å². The van der Waals surface area contributed by atoms with Gasteiger partial charge in [0.2, 0.25) is 0 Å². The first kappa shape index (κ1) is 15.4. The zero-order valence-electron chi connectivity index (χ0n) is 12.0. The summed E-state index contributed by atoms with van der Waals surface area (Å²) in [4.78, 5) is 4.14. The SMILES string of the molecule is CN=C(NCCC1CC1)NC1CCC(C(F)(F)F)CC1. The molecule has 2 rings (SSSR count). The van der Waals surface area contributed by atoms with E-state index in [2.05, 4.69) is 15.6 Å². The Morgan fingerprint density at radius 3 is 2.25 bits per heavy atom. The Morgan fingerprint density at radius 1 is 1.10 bits per heavy atom. The van der Waals surface area contributed by atoms with E-state index in [9.17, 15) is 13.2 Å². The Balaban J connectivity index is 1.67. The van der Waals surface area contributed by atoms with Gasteiger partial charge in [0.1, 0.15) is 0 Å². The fraction of sp³-hybridized carbons (Fsp3) is 0.929. The lowest BCUT2D eigenvalue weighted by atomic mass is 9.85. The van der Waals surface area contributed by atoms with Crippen molar-refractivity contribution in [3.63, 3.8) is 0 Å². The van der Waals surface area contributed by atoms with Crippen molar-refractivity contribution >= 4 is 5.96 Å². The molecule has 0 saturated heterocycles. The number of hydrogen-bond donors (Lipinski definition) is 2. The number of nitrogens with one attached hydrogen (secondary N) is 2. The minimum Gasteiger partial charge on any atom is -0.356 e. The molecule has 0 aromatic heterocycles. The van der Waals surface area contributed by atoms with E-state index in [0.29, 0.717) is 12.8 Å². The summed E-state index contributed by atoms with van der Waals surface area (Å²) in [5.74, 6) is 0.467. The lowest BCUT2D eigenvalue weighted by molar-refractivity contribution is -0.182. The highest BCUT2D eigenvalue weighted by Gasteiger charge is 2.41. The number of halogens is 3. The Kier molecular flexibility index (Phi) is 5.16. The van der Waals surface area contributed by atoms with Crippen molar-refractivity contribution in [3.05, 3.63) is 0 Å². The van der Waals surface area contributed by atoms with Crippen LogP contribution in [-0.2, 0) is 0 Å². The minimum atomic E-state index is -4.03. The molecule has 2 aliphatic carbocycles. The average Bonchev–Trinajstić information content (AvgIpc) is 3.21. The standard InChI is InChI=1S/C14H24F3N3/c1-18-13(19-9-8-10-2-3-10)20-12-6-4-11(5-7-12)14(15,16)17/h10-12H,2-9H2,1H3,(H2,18,19,20). The molecule has 0 atom stereocenters. The molecule has 0 unspecified atom stereocenters. The Bertz CT molecular complexity index is 329. The number of aliphatic imine (C=N–C) groups is 1. The number of rotatable bonds is 4. The van der Waals surface area contributed by atoms with Crippen LogP contribution in [0.15, 0.2) is 4.99 Å². The first-order valence-electron chi connectivity index (χ1n) is 7.53. The molecular formula is C14H24F3N3. The fourth-order valence-electron chi connectivity index (χ4n) is 2.75. The second kappa shape index (κ2) is 6.68. The van der Waals surface area contributed by atoms with Crippen LogP contribution in [0.3, 0.4) is 0 Å². The Hall–Kier alpha value is -0.940. The first-order chi connectivity index (χ1) is 9.49. The first-order valence-corrected chi connectivity index (χ1v) is 7.53. The van der Waals surface area contributed by atoms with E-state index in [0.717, 1.165) is 24.8 Å². The fourth-order valence-corrected chi connectivity index (χ4v) is 2.75. The molecule has 20 heavy (non-hydrogen) atoms. The summed E-state index contributed by atoms with van der Waals surface area (Å²) >= 11 is 0. The summed E-state index contributed by atoms with van der Waals surface area (Å²) < 4.78 is 37.8. The van der Waals surface area contributed by atoms with E-state index in [1.54, 1.807) is 7.05 Å². The van der Waals surface area contributed by atoms with Crippen molar-refractivity contribution in [2.45, 2.75) is 57.2 Å². The number of guanidine groups is 1. The Labute approximate surface area is 118 Å². The molecule has 0 bridgehead atoms. The van der Waals surface area contributed by atoms with Crippen molar-refractivity contribution in [1.29, 1.82) is 0 Å². The van der Waals surface area contributed by atoms with Crippen molar-refractivity contribution in [1.82, 2.24) is 10.6 Å². The van der Waals surface area contributed by atoms with Gasteiger partial charge in [-0.3, -0.25) is 4.99 Å². The van der Waals surface area contributed by atoms with Crippen LogP contribution < -0.4 is 10.6 Å². The van der Waals surface area contributed by atoms with Gasteiger partial charge in [-0.05, 0) is 38.0 Å². The van der Waals surface area contributed by atoms with Crippen molar-refractivity contribution in [2.24, 2.45) is 16.8 Å². The van der Waals surface area contributed by atoms with Gasteiger partial charge in [-0.15, -0.1) is 0 Å². The predicted octanol–water partition coefficient (Wildman–Crippen LogP) is 3.07. The summed E-state index contributed by atoms with van der Waals surface area (Å²) in [6.07, 6.45) is 1.35. The van der Waals surface area contributed by atoms with E-state index >= 15 is 0 Å². The van der Waals surface area contributed by atoms with Crippen LogP contribution in [0.4, 0.5) is 13.2 Å². The zero-order valence-corrected chi connectivity index (χ0v) is 12.0. The van der Waals surface area contributed by atoms with Gasteiger partial charge in [-0.2, -0.15) is 13.2 Å². The quantitative estimate of drug-likeness (QED) is 0.617. The molecule has 3 nitrogen and oxygen atoms in total. The highest BCUT2D eigenvalue weighted by molar-refractivity contribution is 5.79. The largest absolute Gasteiger partial charge is 0.391 e. The van der Waals surface area contributed by atoms with Gasteiger partial charge in [-0.1, -0.05) is 12.8 Å². The summed E-state index contributed by atoms with van der Waals surface area (Å²) in [5, 5.41) is 6.49. The van der Waals surface area contributed by atoms with E-state index in [1.807, 2.05) is 0 Å². The van der Waals surface area contributed by atoms with Crippen LogP contribution in [0.2, 0.25) is 0 Å². The van der Waals surface area contributed by atoms with Crippen LogP contribution in [0.25, 0.3) is 0 Å². The van der Waals surface area contributed by atoms with Gasteiger partial charge in [0.25, 0.3) is 0 Å². The normalized spacial score (nSPS) is 28.3. The molecule has 0 aromatic carbocycles. The highest BCUT2D eigenvalue weighted by Crippen LogP contribution is 2.37. The van der Waals surface area contributed by atoms with E-state index in [-0.39, 0.29) is 18.9 Å². The zero-order chi connectivity index (χ0) is 14.6. The summed E-state index contributed by atoms with van der Waals surface area (Å²) in [6.45, 7) is 0.891. The lowest BCUT2D eigenvalue weighted by Gasteiger charge is -2.31. The van der Waals surface area contributed by atoms with Crippen molar-refractivity contribution < 1.29 is 13.2 Å². The summed E-state index contributed by atoms with van der Waals surface area (Å²) in [7, 11) is 1.70. The number of alkyl halides is 3. The van der Waals surface area contributed by atoms with Crippen LogP contribution in [0.5, 0.6) is 0 Å². The summed E-state index contributed by atoms with van der Waals surface area (Å²) in [5.41, 5.74) is 0. The maximum Gasteiger partial charge on any atom is 0.391 e. The molecule has 0 spiro atoms. The molecule has 6 heteroatoms. The van der Waals surface area contributed by atoms with E-state index in [4.69, 9.17) is 0 Å². The predicted molar refractivity (Wildman–Crippen MR) is 73.6 cm³/mol. The molecule has 2 aliphatic rings. The molecule has 116 valence electrons. The van der Waals surface area contributed by atoms with Gasteiger partial charge in [0, 0.05) is 19.6 Å². The third-order valence-electron chi connectivity index (χ3n) is 4.30. The lowest BCUT2D eigenvalue weighted by Crippen LogP contribution is -2.46. The minimum absolute atomic E-state index is 0.112. The molecule has 2 N–H and O–H groups in total. The van der Waals surface area contributed by atoms with Crippen LogP contribution >= 0.6 is 0 Å². The topological polar surface area (TPSA) is 36.4 Å². The third kappa shape index (κ3) is 4.87. The molecule has 2 saturated carbocycles. The van der Waals surface area contributed by atoms with Gasteiger partial charge in [0.15, 0.2) is 5.96 Å². The van der Waals surface area contributed by atoms with Gasteiger partial charge < -0.3 is 10.6 Å². The van der Waals surface area contributed by atoms with E-state index < -0.39 is 12.1 Å². The average molecular weight is 291 g/mol. The Morgan fingerprint density at radius 2 is 1.75 bits per heavy atom. The van der Waals surface area contributed by atoms with Gasteiger partial charge in [0.05, 0.1) is 5.92 Å². The van der Waals surface area contributed by atoms with Gasteiger partial charge in [-0.25, -0.2) is 0 Å². The molecule has 2 fully saturated rings. The monoisotopic (exact) mass is 291 g/mol. The summed E-state index contributed by atoms with van der Waals surface area (Å²) in [6, 6.07) is 0.112. The smallest absolute Gasteiger partial charge is 0.356 e. The number of nitrogens with zero attached hydrogens (tertiary/aromatic N) is 1. The maximum atomic E-state index is 12.6. The second-order valence-electron chi connectivity index (χ2n) is 5.97. The number of hydrogen-bond acceptors (Lipinski definition) is 1. The molecule has 0 aromatic rings.